The predicted molar refractivity (Wildman–Crippen MR) is 82.6 cm³/mol. The Labute approximate surface area is 136 Å². The molecule has 23 heavy (non-hydrogen) atoms. The van der Waals surface area contributed by atoms with Crippen molar-refractivity contribution in [3.8, 4) is 0 Å². The van der Waals surface area contributed by atoms with Gasteiger partial charge in [-0.05, 0) is 31.1 Å². The molecule has 7 nitrogen and oxygen atoms in total. The zero-order valence-corrected chi connectivity index (χ0v) is 14.0. The molecule has 3 heterocycles. The summed E-state index contributed by atoms with van der Waals surface area (Å²) in [6.07, 6.45) is 2.72. The third-order valence-electron chi connectivity index (χ3n) is 5.28. The number of methoxy groups -OCH3 is 1. The van der Waals surface area contributed by atoms with Gasteiger partial charge in [0.2, 0.25) is 5.89 Å². The number of nitrogens with zero attached hydrogens (tertiary/aromatic N) is 3. The zero-order valence-electron chi connectivity index (χ0n) is 14.0. The topological polar surface area (TPSA) is 80.9 Å². The lowest BCUT2D eigenvalue weighted by atomic mass is 9.70. The van der Waals surface area contributed by atoms with Crippen LogP contribution in [0.2, 0.25) is 0 Å². The van der Waals surface area contributed by atoms with Crippen LogP contribution in [0.5, 0.6) is 0 Å². The Bertz CT molecular complexity index is 503. The average Bonchev–Trinajstić information content (AvgIpc) is 2.99. The Morgan fingerprint density at radius 3 is 2.87 bits per heavy atom. The molecule has 0 amide bonds. The fourth-order valence-electron chi connectivity index (χ4n) is 3.90. The van der Waals surface area contributed by atoms with Crippen LogP contribution in [-0.4, -0.2) is 59.2 Å². The summed E-state index contributed by atoms with van der Waals surface area (Å²) in [6, 6.07) is 0. The molecule has 0 aliphatic carbocycles. The van der Waals surface area contributed by atoms with Crippen LogP contribution in [-0.2, 0) is 22.6 Å². The third-order valence-corrected chi connectivity index (χ3v) is 5.28. The molecule has 0 unspecified atom stereocenters. The lowest BCUT2D eigenvalue weighted by Crippen LogP contribution is -2.55. The number of aromatic nitrogens is 2. The van der Waals surface area contributed by atoms with Gasteiger partial charge in [0.1, 0.15) is 6.61 Å². The molecule has 2 saturated heterocycles. The van der Waals surface area contributed by atoms with Gasteiger partial charge in [0.05, 0.1) is 12.1 Å². The fourth-order valence-corrected chi connectivity index (χ4v) is 3.90. The maximum Gasteiger partial charge on any atom is 0.240 e. The van der Waals surface area contributed by atoms with Gasteiger partial charge in [-0.1, -0.05) is 12.1 Å². The summed E-state index contributed by atoms with van der Waals surface area (Å²) in [7, 11) is 1.61. The first-order chi connectivity index (χ1) is 11.1. The number of hydrogen-bond acceptors (Lipinski definition) is 7. The summed E-state index contributed by atoms with van der Waals surface area (Å²) in [6.45, 7) is 6.37. The summed E-state index contributed by atoms with van der Waals surface area (Å²) in [5.41, 5.74) is -0.573. The highest BCUT2D eigenvalue weighted by atomic mass is 16.5. The lowest BCUT2D eigenvalue weighted by molar-refractivity contribution is -0.132. The highest BCUT2D eigenvalue weighted by molar-refractivity contribution is 4.97. The minimum Gasteiger partial charge on any atom is -0.389 e. The average molecular weight is 325 g/mol. The van der Waals surface area contributed by atoms with Gasteiger partial charge >= 0.3 is 0 Å². The van der Waals surface area contributed by atoms with E-state index in [-0.39, 0.29) is 5.92 Å². The van der Waals surface area contributed by atoms with E-state index >= 15 is 0 Å². The standard InChI is InChI=1S/C16H27N3O4/c1-12-9-19(10-15-17-14(11-21-2)18-23-15)6-5-16(12,20)13-3-7-22-8-4-13/h12-13,20H,3-11H2,1-2H3/t12-,16+/m1/s1. The molecule has 2 aliphatic rings. The van der Waals surface area contributed by atoms with Crippen LogP contribution in [0.15, 0.2) is 4.52 Å². The van der Waals surface area contributed by atoms with Crippen molar-refractivity contribution >= 4 is 0 Å². The molecule has 1 aromatic rings. The van der Waals surface area contributed by atoms with Crippen LogP contribution in [0.4, 0.5) is 0 Å². The minimum absolute atomic E-state index is 0.223. The van der Waals surface area contributed by atoms with E-state index in [1.807, 2.05) is 0 Å². The predicted octanol–water partition coefficient (Wildman–Crippen LogP) is 1.22. The van der Waals surface area contributed by atoms with Crippen molar-refractivity contribution in [3.63, 3.8) is 0 Å². The molecule has 0 saturated carbocycles. The second-order valence-electron chi connectivity index (χ2n) is 6.80. The largest absolute Gasteiger partial charge is 0.389 e. The number of ether oxygens (including phenoxy) is 2. The van der Waals surface area contributed by atoms with E-state index in [2.05, 4.69) is 22.0 Å². The minimum atomic E-state index is -0.573. The Hall–Kier alpha value is -1.02. The molecule has 2 atom stereocenters. The number of hydrogen-bond donors (Lipinski definition) is 1. The summed E-state index contributed by atoms with van der Waals surface area (Å²) < 4.78 is 15.7. The quantitative estimate of drug-likeness (QED) is 0.871. The van der Waals surface area contributed by atoms with Crippen molar-refractivity contribution in [1.82, 2.24) is 15.0 Å². The van der Waals surface area contributed by atoms with Crippen molar-refractivity contribution < 1.29 is 19.1 Å². The molecule has 2 fully saturated rings. The summed E-state index contributed by atoms with van der Waals surface area (Å²) in [5, 5.41) is 15.1. The molecule has 1 N–H and O–H groups in total. The van der Waals surface area contributed by atoms with Crippen LogP contribution in [0.25, 0.3) is 0 Å². The Balaban J connectivity index is 1.56. The number of piperidine rings is 1. The van der Waals surface area contributed by atoms with Crippen molar-refractivity contribution in [2.45, 2.75) is 44.9 Å². The first kappa shape index (κ1) is 16.8. The number of aliphatic hydroxyl groups is 1. The van der Waals surface area contributed by atoms with Gasteiger partial charge in [0, 0.05) is 33.4 Å². The van der Waals surface area contributed by atoms with Gasteiger partial charge in [-0.15, -0.1) is 0 Å². The van der Waals surface area contributed by atoms with Crippen molar-refractivity contribution in [3.05, 3.63) is 11.7 Å². The Morgan fingerprint density at radius 2 is 2.17 bits per heavy atom. The number of rotatable bonds is 5. The van der Waals surface area contributed by atoms with Crippen LogP contribution < -0.4 is 0 Å². The van der Waals surface area contributed by atoms with E-state index in [1.54, 1.807) is 7.11 Å². The highest BCUT2D eigenvalue weighted by Gasteiger charge is 2.45. The molecule has 0 spiro atoms. The molecular formula is C16H27N3O4. The summed E-state index contributed by atoms with van der Waals surface area (Å²) >= 11 is 0. The zero-order chi connectivity index (χ0) is 16.3. The van der Waals surface area contributed by atoms with Gasteiger partial charge in [0.25, 0.3) is 0 Å². The molecular weight excluding hydrogens is 298 g/mol. The van der Waals surface area contributed by atoms with Crippen molar-refractivity contribution in [2.24, 2.45) is 11.8 Å². The normalized spacial score (nSPS) is 30.7. The van der Waals surface area contributed by atoms with Crippen molar-refractivity contribution in [2.75, 3.05) is 33.4 Å². The van der Waals surface area contributed by atoms with Gasteiger partial charge in [-0.3, -0.25) is 4.90 Å². The number of likely N-dealkylation sites (tertiary alicyclic amines) is 1. The van der Waals surface area contributed by atoms with E-state index in [4.69, 9.17) is 14.0 Å². The third kappa shape index (κ3) is 3.74. The fraction of sp³-hybridized carbons (Fsp3) is 0.875. The van der Waals surface area contributed by atoms with E-state index in [0.717, 1.165) is 45.6 Å². The summed E-state index contributed by atoms with van der Waals surface area (Å²) in [4.78, 5) is 6.60. The molecule has 2 aliphatic heterocycles. The SMILES string of the molecule is COCc1noc(CN2CC[C@@](O)(C3CCOCC3)[C@H](C)C2)n1. The van der Waals surface area contributed by atoms with Crippen LogP contribution in [0, 0.1) is 11.8 Å². The highest BCUT2D eigenvalue weighted by Crippen LogP contribution is 2.39. The Morgan fingerprint density at radius 1 is 1.39 bits per heavy atom. The molecule has 0 bridgehead atoms. The molecule has 0 aromatic carbocycles. The second kappa shape index (κ2) is 7.25. The molecule has 0 radical (unpaired) electrons. The van der Waals surface area contributed by atoms with E-state index in [1.165, 1.54) is 0 Å². The molecule has 1 aromatic heterocycles. The van der Waals surface area contributed by atoms with Crippen LogP contribution >= 0.6 is 0 Å². The lowest BCUT2D eigenvalue weighted by Gasteiger charge is -2.48. The van der Waals surface area contributed by atoms with Crippen LogP contribution in [0.1, 0.15) is 37.9 Å². The van der Waals surface area contributed by atoms with Crippen LogP contribution in [0.3, 0.4) is 0 Å². The first-order valence-electron chi connectivity index (χ1n) is 8.44. The van der Waals surface area contributed by atoms with E-state index in [9.17, 15) is 5.11 Å². The molecule has 3 rings (SSSR count). The first-order valence-corrected chi connectivity index (χ1v) is 8.44. The van der Waals surface area contributed by atoms with Gasteiger partial charge in [0.15, 0.2) is 5.82 Å². The Kier molecular flexibility index (Phi) is 5.31. The maximum absolute atomic E-state index is 11.2. The monoisotopic (exact) mass is 325 g/mol. The van der Waals surface area contributed by atoms with Gasteiger partial charge in [-0.2, -0.15) is 4.98 Å². The van der Waals surface area contributed by atoms with Gasteiger partial charge in [-0.25, -0.2) is 0 Å². The van der Waals surface area contributed by atoms with E-state index in [0.29, 0.717) is 30.8 Å². The summed E-state index contributed by atoms with van der Waals surface area (Å²) in [5.74, 6) is 1.76. The second-order valence-corrected chi connectivity index (χ2v) is 6.80. The van der Waals surface area contributed by atoms with E-state index < -0.39 is 5.60 Å². The maximum atomic E-state index is 11.2. The van der Waals surface area contributed by atoms with Crippen molar-refractivity contribution in [1.29, 1.82) is 0 Å². The molecule has 130 valence electrons. The molecule has 7 heteroatoms. The smallest absolute Gasteiger partial charge is 0.240 e. The van der Waals surface area contributed by atoms with Gasteiger partial charge < -0.3 is 19.1 Å².